The van der Waals surface area contributed by atoms with E-state index in [9.17, 15) is 4.79 Å². The van der Waals surface area contributed by atoms with Crippen molar-refractivity contribution in [3.05, 3.63) is 89.6 Å². The molecular formula is C21H16N2OS. The van der Waals surface area contributed by atoms with E-state index in [4.69, 9.17) is 0 Å². The molecule has 0 aliphatic rings. The summed E-state index contributed by atoms with van der Waals surface area (Å²) in [6, 6.07) is 19.9. The molecule has 4 aromatic rings. The highest BCUT2D eigenvalue weighted by Gasteiger charge is 2.07. The van der Waals surface area contributed by atoms with E-state index in [0.29, 0.717) is 12.1 Å². The summed E-state index contributed by atoms with van der Waals surface area (Å²) in [5, 5.41) is 7.22. The van der Waals surface area contributed by atoms with Crippen LogP contribution >= 0.6 is 11.3 Å². The maximum Gasteiger partial charge on any atom is 0.251 e. The normalized spacial score (nSPS) is 10.7. The molecule has 3 nitrogen and oxygen atoms in total. The lowest BCUT2D eigenvalue weighted by atomic mass is 10.1. The van der Waals surface area contributed by atoms with Gasteiger partial charge in [-0.3, -0.25) is 9.78 Å². The van der Waals surface area contributed by atoms with Gasteiger partial charge in [-0.1, -0.05) is 36.4 Å². The van der Waals surface area contributed by atoms with Gasteiger partial charge in [-0.2, -0.15) is 0 Å². The number of fused-ring (bicyclic) bond motifs is 1. The molecule has 0 bridgehead atoms. The van der Waals surface area contributed by atoms with E-state index in [-0.39, 0.29) is 5.91 Å². The summed E-state index contributed by atoms with van der Waals surface area (Å²) >= 11 is 1.68. The Morgan fingerprint density at radius 3 is 2.68 bits per heavy atom. The van der Waals surface area contributed by atoms with Crippen LogP contribution in [0.3, 0.4) is 0 Å². The minimum atomic E-state index is -0.0766. The molecule has 122 valence electrons. The Hall–Kier alpha value is -2.98. The summed E-state index contributed by atoms with van der Waals surface area (Å²) in [7, 11) is 0. The molecule has 0 spiro atoms. The second kappa shape index (κ2) is 6.87. The Kier molecular flexibility index (Phi) is 4.27. The van der Waals surface area contributed by atoms with E-state index in [2.05, 4.69) is 22.4 Å². The van der Waals surface area contributed by atoms with Crippen molar-refractivity contribution < 1.29 is 4.79 Å². The molecule has 2 heterocycles. The highest BCUT2D eigenvalue weighted by Crippen LogP contribution is 2.24. The van der Waals surface area contributed by atoms with Crippen molar-refractivity contribution in [3.8, 4) is 10.4 Å². The summed E-state index contributed by atoms with van der Waals surface area (Å²) in [4.78, 5) is 17.9. The zero-order valence-electron chi connectivity index (χ0n) is 13.5. The summed E-state index contributed by atoms with van der Waals surface area (Å²) < 4.78 is 0. The number of thiophene rings is 1. The summed E-state index contributed by atoms with van der Waals surface area (Å²) in [5.41, 5.74) is 2.73. The average Bonchev–Trinajstić information content (AvgIpc) is 3.21. The number of amides is 1. The van der Waals surface area contributed by atoms with Crippen LogP contribution in [0.15, 0.2) is 78.4 Å². The highest BCUT2D eigenvalue weighted by atomic mass is 32.1. The zero-order valence-corrected chi connectivity index (χ0v) is 14.3. The van der Waals surface area contributed by atoms with Gasteiger partial charge in [-0.15, -0.1) is 11.3 Å². The van der Waals surface area contributed by atoms with Crippen molar-refractivity contribution in [3.63, 3.8) is 0 Å². The molecule has 0 saturated carbocycles. The standard InChI is InChI=1S/C21H16N2OS/c24-21(18-8-7-16-4-1-2-5-17(16)11-18)23-13-15-10-19(14-22-12-15)20-6-3-9-25-20/h1-12,14H,13H2,(H,23,24). The maximum atomic E-state index is 12.4. The van der Waals surface area contributed by atoms with Gasteiger partial charge in [0, 0.05) is 34.9 Å². The number of hydrogen-bond acceptors (Lipinski definition) is 3. The quantitative estimate of drug-likeness (QED) is 0.572. The number of benzene rings is 2. The lowest BCUT2D eigenvalue weighted by Gasteiger charge is -2.07. The minimum absolute atomic E-state index is 0.0766. The Bertz CT molecular complexity index is 1020. The molecule has 4 heteroatoms. The first-order chi connectivity index (χ1) is 12.3. The summed E-state index contributed by atoms with van der Waals surface area (Å²) in [6.45, 7) is 0.456. The Morgan fingerprint density at radius 2 is 1.84 bits per heavy atom. The Labute approximate surface area is 150 Å². The number of nitrogens with zero attached hydrogens (tertiary/aromatic N) is 1. The molecule has 0 atom stereocenters. The van der Waals surface area contributed by atoms with E-state index in [0.717, 1.165) is 21.9 Å². The predicted molar refractivity (Wildman–Crippen MR) is 103 cm³/mol. The van der Waals surface area contributed by atoms with Crippen molar-refractivity contribution in [2.24, 2.45) is 0 Å². The molecule has 2 aromatic carbocycles. The van der Waals surface area contributed by atoms with Crippen LogP contribution in [0, 0.1) is 0 Å². The van der Waals surface area contributed by atoms with Gasteiger partial charge < -0.3 is 5.32 Å². The van der Waals surface area contributed by atoms with Crippen LogP contribution in [0.2, 0.25) is 0 Å². The first-order valence-electron chi connectivity index (χ1n) is 8.04. The minimum Gasteiger partial charge on any atom is -0.348 e. The number of hydrogen-bond donors (Lipinski definition) is 1. The van der Waals surface area contributed by atoms with E-state index in [1.165, 1.54) is 4.88 Å². The predicted octanol–water partition coefficient (Wildman–Crippen LogP) is 4.89. The monoisotopic (exact) mass is 344 g/mol. The number of rotatable bonds is 4. The first-order valence-corrected chi connectivity index (χ1v) is 8.92. The molecule has 1 amide bonds. The maximum absolute atomic E-state index is 12.4. The number of nitrogens with one attached hydrogen (secondary N) is 1. The SMILES string of the molecule is O=C(NCc1cncc(-c2cccs2)c1)c1ccc2ccccc2c1. The van der Waals surface area contributed by atoms with E-state index in [1.807, 2.05) is 60.1 Å². The van der Waals surface area contributed by atoms with Gasteiger partial charge in [0.05, 0.1) is 0 Å². The molecule has 0 saturated heterocycles. The van der Waals surface area contributed by atoms with Crippen molar-refractivity contribution in [2.75, 3.05) is 0 Å². The number of pyridine rings is 1. The van der Waals surface area contributed by atoms with Crippen molar-refractivity contribution in [1.29, 1.82) is 0 Å². The number of carbonyl (C=O) groups excluding carboxylic acids is 1. The van der Waals surface area contributed by atoms with Crippen LogP contribution in [0.4, 0.5) is 0 Å². The van der Waals surface area contributed by atoms with Crippen molar-refractivity contribution >= 4 is 28.0 Å². The third kappa shape index (κ3) is 3.44. The van der Waals surface area contributed by atoms with E-state index >= 15 is 0 Å². The van der Waals surface area contributed by atoms with Crippen LogP contribution in [-0.2, 0) is 6.54 Å². The van der Waals surface area contributed by atoms with Crippen molar-refractivity contribution in [2.45, 2.75) is 6.54 Å². The third-order valence-corrected chi connectivity index (χ3v) is 4.98. The smallest absolute Gasteiger partial charge is 0.251 e. The van der Waals surface area contributed by atoms with Crippen LogP contribution < -0.4 is 5.32 Å². The summed E-state index contributed by atoms with van der Waals surface area (Å²) in [6.07, 6.45) is 3.64. The molecule has 4 rings (SSSR count). The van der Waals surface area contributed by atoms with Gasteiger partial charge in [0.25, 0.3) is 5.91 Å². The lowest BCUT2D eigenvalue weighted by molar-refractivity contribution is 0.0951. The fraction of sp³-hybridized carbons (Fsp3) is 0.0476. The molecule has 1 N–H and O–H groups in total. The van der Waals surface area contributed by atoms with E-state index < -0.39 is 0 Å². The second-order valence-electron chi connectivity index (χ2n) is 5.80. The van der Waals surface area contributed by atoms with Gasteiger partial charge in [0.1, 0.15) is 0 Å². The fourth-order valence-corrected chi connectivity index (χ4v) is 3.49. The average molecular weight is 344 g/mol. The molecule has 0 aliphatic heterocycles. The molecule has 0 radical (unpaired) electrons. The molecule has 0 unspecified atom stereocenters. The summed E-state index contributed by atoms with van der Waals surface area (Å²) in [5.74, 6) is -0.0766. The molecular weight excluding hydrogens is 328 g/mol. The Balaban J connectivity index is 1.48. The third-order valence-electron chi connectivity index (χ3n) is 4.07. The Morgan fingerprint density at radius 1 is 0.960 bits per heavy atom. The fourth-order valence-electron chi connectivity index (χ4n) is 2.78. The molecule has 2 aromatic heterocycles. The van der Waals surface area contributed by atoms with Gasteiger partial charge in [0.15, 0.2) is 0 Å². The van der Waals surface area contributed by atoms with Gasteiger partial charge in [0.2, 0.25) is 0 Å². The second-order valence-corrected chi connectivity index (χ2v) is 6.75. The largest absolute Gasteiger partial charge is 0.348 e. The van der Waals surface area contributed by atoms with Crippen LogP contribution in [0.1, 0.15) is 15.9 Å². The topological polar surface area (TPSA) is 42.0 Å². The highest BCUT2D eigenvalue weighted by molar-refractivity contribution is 7.13. The number of aromatic nitrogens is 1. The van der Waals surface area contributed by atoms with Crippen LogP contribution in [0.25, 0.3) is 21.2 Å². The van der Waals surface area contributed by atoms with Crippen LogP contribution in [-0.4, -0.2) is 10.9 Å². The van der Waals surface area contributed by atoms with E-state index in [1.54, 1.807) is 17.5 Å². The van der Waals surface area contributed by atoms with Gasteiger partial charge in [-0.25, -0.2) is 0 Å². The molecule has 25 heavy (non-hydrogen) atoms. The molecule has 0 aliphatic carbocycles. The van der Waals surface area contributed by atoms with Crippen molar-refractivity contribution in [1.82, 2.24) is 10.3 Å². The first kappa shape index (κ1) is 15.5. The zero-order chi connectivity index (χ0) is 17.1. The van der Waals surface area contributed by atoms with Crippen LogP contribution in [0.5, 0.6) is 0 Å². The lowest BCUT2D eigenvalue weighted by Crippen LogP contribution is -2.22. The van der Waals surface area contributed by atoms with Gasteiger partial charge in [-0.05, 0) is 46.0 Å². The number of carbonyl (C=O) groups is 1. The molecule has 0 fully saturated rings. The van der Waals surface area contributed by atoms with Gasteiger partial charge >= 0.3 is 0 Å².